The maximum absolute atomic E-state index is 13.3. The minimum absolute atomic E-state index is 0.0514. The number of rotatable bonds is 15. The predicted molar refractivity (Wildman–Crippen MR) is 284 cm³/mol. The minimum atomic E-state index is -1.61. The zero-order valence-electron chi connectivity index (χ0n) is 47.2. The molecule has 82 heavy (non-hydrogen) atoms. The number of benzene rings is 4. The molecule has 3 atom stereocenters. The molecule has 5 N–H and O–H groups in total. The van der Waals surface area contributed by atoms with Crippen LogP contribution >= 0.6 is 15.9 Å². The molecule has 0 saturated carbocycles. The monoisotopic (exact) mass is 1240 g/mol. The average molecular weight is 1240 g/mol. The van der Waals surface area contributed by atoms with Crippen molar-refractivity contribution in [2.24, 2.45) is 17.8 Å². The molecule has 0 spiro atoms. The Labute approximate surface area is 477 Å². The lowest BCUT2D eigenvalue weighted by Crippen LogP contribution is -2.47. The number of hydrogen-bond donors (Lipinski definition) is 5. The van der Waals surface area contributed by atoms with Crippen LogP contribution in [0.2, 0.25) is 0 Å². The quantitative estimate of drug-likeness (QED) is 0.0187. The molecule has 0 aromatic heterocycles. The maximum Gasteiger partial charge on any atom is 0.492 e. The Morgan fingerprint density at radius 1 is 0.585 bits per heavy atom. The van der Waals surface area contributed by atoms with Crippen molar-refractivity contribution in [3.63, 3.8) is 0 Å². The Bertz CT molecular complexity index is 2840. The van der Waals surface area contributed by atoms with Crippen LogP contribution in [-0.4, -0.2) is 82.6 Å². The molecule has 4 aromatic carbocycles. The van der Waals surface area contributed by atoms with Crippen molar-refractivity contribution in [3.8, 4) is 0 Å². The van der Waals surface area contributed by atoms with Crippen LogP contribution < -0.4 is 21.4 Å². The molecule has 0 radical (unpaired) electrons. The second-order valence-electron chi connectivity index (χ2n) is 21.2. The van der Waals surface area contributed by atoms with E-state index >= 15 is 0 Å². The highest BCUT2D eigenvalue weighted by atomic mass is 79.9. The Morgan fingerprint density at radius 3 is 1.26 bits per heavy atom. The van der Waals surface area contributed by atoms with E-state index in [-0.39, 0.29) is 41.1 Å². The fraction of sp³-hybridized carbons (Fsp3) is 0.455. The molecule has 0 saturated heterocycles. The summed E-state index contributed by atoms with van der Waals surface area (Å²) in [6, 6.07) is 5.12. The summed E-state index contributed by atoms with van der Waals surface area (Å²) in [7, 11) is -1.12. The number of hydrogen-bond acceptors (Lipinski definition) is 12. The standard InChI is InChI=1S/C21H21BF3NO5.C17H22F3NO4.C10H19NO4.C7H4BrF3/c1-10(2)19(21(28)30-8-12-6-15(23)18(25)16(24)7-12)26-20(27)14-5-4-13-9-31-22(29)17(13)11(14)3;1-9(2)14(21-16(23)25-17(3,4)5)15(22)24-8-10-6-11(18)13(20)12(19)7-10;1-6(2)7(8(12)13)11-9(14)15-10(3,4)5;8-3-4-1-5(9)7(11)6(10)2-4/h4-7,10,19,29H,8-9H2,1-3H3,(H,26,27);6-7,9,14H,8H2,1-5H3,(H,21,23);6-7H,1-5H3,(H,11,14)(H,12,13);1-2H,3H2/t19-;14-;7-;/m000./s1. The van der Waals surface area contributed by atoms with Crippen LogP contribution in [-0.2, 0) is 63.1 Å². The van der Waals surface area contributed by atoms with Gasteiger partial charge in [-0.25, -0.2) is 63.5 Å². The van der Waals surface area contributed by atoms with Gasteiger partial charge in [0.15, 0.2) is 52.4 Å². The summed E-state index contributed by atoms with van der Waals surface area (Å²) in [5, 5.41) is 26.4. The van der Waals surface area contributed by atoms with E-state index in [1.165, 1.54) is 0 Å². The maximum atomic E-state index is 13.3. The largest absolute Gasteiger partial charge is 0.492 e. The number of carboxylic acids is 1. The van der Waals surface area contributed by atoms with Crippen molar-refractivity contribution in [2.75, 3.05) is 0 Å². The molecule has 3 amide bonds. The average Bonchev–Trinajstić information content (AvgIpc) is 3.74. The zero-order chi connectivity index (χ0) is 62.9. The number of aliphatic carboxylic acids is 1. The van der Waals surface area contributed by atoms with Crippen molar-refractivity contribution in [1.29, 1.82) is 0 Å². The van der Waals surface area contributed by atoms with E-state index in [9.17, 15) is 73.3 Å². The molecular formula is C55H66BBrF9N3O13. The van der Waals surface area contributed by atoms with Crippen LogP contribution in [0.25, 0.3) is 0 Å². The van der Waals surface area contributed by atoms with Crippen molar-refractivity contribution < 1.29 is 102 Å². The number of alkyl halides is 1. The van der Waals surface area contributed by atoms with Gasteiger partial charge in [0.1, 0.15) is 42.5 Å². The van der Waals surface area contributed by atoms with Gasteiger partial charge in [-0.3, -0.25) is 4.79 Å². The highest BCUT2D eigenvalue weighted by Gasteiger charge is 2.34. The van der Waals surface area contributed by atoms with Gasteiger partial charge in [-0.05, 0) is 142 Å². The fourth-order valence-corrected chi connectivity index (χ4v) is 7.23. The summed E-state index contributed by atoms with van der Waals surface area (Å²) >= 11 is 2.99. The Balaban J connectivity index is 0.000000401. The Hall–Kier alpha value is -6.87. The summed E-state index contributed by atoms with van der Waals surface area (Å²) in [5.41, 5.74) is 1.00. The van der Waals surface area contributed by atoms with Gasteiger partial charge >= 0.3 is 37.2 Å². The molecule has 27 heteroatoms. The van der Waals surface area contributed by atoms with Gasteiger partial charge in [0.05, 0.1) is 6.61 Å². The molecule has 4 aromatic rings. The van der Waals surface area contributed by atoms with E-state index in [0.717, 1.165) is 42.0 Å². The van der Waals surface area contributed by atoms with Gasteiger partial charge in [0.2, 0.25) is 0 Å². The van der Waals surface area contributed by atoms with Crippen LogP contribution in [0.3, 0.4) is 0 Å². The normalized spacial score (nSPS) is 12.9. The summed E-state index contributed by atoms with van der Waals surface area (Å²) in [6.45, 7) is 21.3. The lowest BCUT2D eigenvalue weighted by molar-refractivity contribution is -0.149. The van der Waals surface area contributed by atoms with Crippen LogP contribution in [0.1, 0.15) is 121 Å². The van der Waals surface area contributed by atoms with Gasteiger partial charge in [-0.2, -0.15) is 0 Å². The van der Waals surface area contributed by atoms with Crippen molar-refractivity contribution in [3.05, 3.63) is 134 Å². The molecule has 0 aliphatic carbocycles. The molecule has 452 valence electrons. The van der Waals surface area contributed by atoms with Gasteiger partial charge in [0.25, 0.3) is 5.91 Å². The summed E-state index contributed by atoms with van der Waals surface area (Å²) in [6.07, 6.45) is -1.49. The molecule has 0 fully saturated rings. The van der Waals surface area contributed by atoms with E-state index in [0.29, 0.717) is 21.9 Å². The van der Waals surface area contributed by atoms with Gasteiger partial charge in [-0.15, -0.1) is 0 Å². The lowest BCUT2D eigenvalue weighted by atomic mass is 9.75. The molecule has 0 unspecified atom stereocenters. The number of ether oxygens (including phenoxy) is 4. The number of nitrogens with one attached hydrogen (secondary N) is 3. The van der Waals surface area contributed by atoms with Gasteiger partial charge in [-0.1, -0.05) is 63.5 Å². The Kier molecular flexibility index (Phi) is 27.4. The summed E-state index contributed by atoms with van der Waals surface area (Å²) < 4.78 is 141. The molecule has 0 bridgehead atoms. The predicted octanol–water partition coefficient (Wildman–Crippen LogP) is 10.4. The second-order valence-corrected chi connectivity index (χ2v) is 21.8. The summed E-state index contributed by atoms with van der Waals surface area (Å²) in [5.74, 6) is -16.5. The molecule has 5 rings (SSSR count). The highest BCUT2D eigenvalue weighted by molar-refractivity contribution is 9.08. The first-order chi connectivity index (χ1) is 37.8. The molecule has 1 heterocycles. The smallest absolute Gasteiger partial charge is 0.480 e. The van der Waals surface area contributed by atoms with Crippen LogP contribution in [0.5, 0.6) is 0 Å². The van der Waals surface area contributed by atoms with E-state index in [2.05, 4.69) is 31.9 Å². The van der Waals surface area contributed by atoms with E-state index in [4.69, 9.17) is 28.7 Å². The van der Waals surface area contributed by atoms with Crippen molar-refractivity contribution in [1.82, 2.24) is 16.0 Å². The first kappa shape index (κ1) is 71.2. The minimum Gasteiger partial charge on any atom is -0.480 e. The van der Waals surface area contributed by atoms with Crippen LogP contribution in [0, 0.1) is 77.0 Å². The fourth-order valence-electron chi connectivity index (χ4n) is 6.91. The third-order valence-corrected chi connectivity index (χ3v) is 11.6. The molecular weight excluding hydrogens is 1170 g/mol. The molecule has 16 nitrogen and oxygen atoms in total. The van der Waals surface area contributed by atoms with Crippen molar-refractivity contribution >= 4 is 64.5 Å². The molecule has 1 aliphatic rings. The number of fused-ring (bicyclic) bond motifs is 1. The topological polar surface area (TPSA) is 225 Å². The third kappa shape index (κ3) is 22.8. The SMILES string of the molecule is CC(C)[C@H](NC(=O)OC(C)(C)C)C(=O)O.CC(C)[C@H](NC(=O)OC(C)(C)C)C(=O)OCc1cc(F)c(F)c(F)c1.Cc1c(C(=O)N[C@H](C(=O)OCc2cc(F)c(F)c(F)c2)C(C)C)ccc2c1B(O)OC2.Fc1cc(CBr)cc(F)c1F. The van der Waals surface area contributed by atoms with Crippen molar-refractivity contribution in [2.45, 2.75) is 144 Å². The highest BCUT2D eigenvalue weighted by Crippen LogP contribution is 2.21. The zero-order valence-corrected chi connectivity index (χ0v) is 48.7. The first-order valence-corrected chi connectivity index (χ1v) is 26.1. The number of carboxylic acid groups (broad SMARTS) is 1. The number of esters is 2. The van der Waals surface area contributed by atoms with E-state index in [1.807, 2.05) is 0 Å². The Morgan fingerprint density at radius 2 is 0.927 bits per heavy atom. The van der Waals surface area contributed by atoms with E-state index < -0.39 is 138 Å². The lowest BCUT2D eigenvalue weighted by Gasteiger charge is -2.24. The number of carbonyl (C=O) groups is 6. The molecule has 1 aliphatic heterocycles. The van der Waals surface area contributed by atoms with E-state index in [1.54, 1.807) is 102 Å². The third-order valence-electron chi connectivity index (χ3n) is 10.9. The first-order valence-electron chi connectivity index (χ1n) is 25.0. The summed E-state index contributed by atoms with van der Waals surface area (Å²) in [4.78, 5) is 71.3. The second kappa shape index (κ2) is 31.5. The van der Waals surface area contributed by atoms with Gasteiger partial charge in [0, 0.05) is 10.9 Å². The van der Waals surface area contributed by atoms with Crippen LogP contribution in [0.15, 0.2) is 48.5 Å². The number of amides is 3. The number of carbonyl (C=O) groups excluding carboxylic acids is 5. The number of alkyl carbamates (subject to hydrolysis) is 2. The van der Waals surface area contributed by atoms with Crippen LogP contribution in [0.4, 0.5) is 49.1 Å². The van der Waals surface area contributed by atoms with Gasteiger partial charge < -0.3 is 49.7 Å². The number of halogens is 10.